The SMILES string of the molecule is CCOC(=O)c1c(N)sc(C(=O)NC)c1CN(C)Cc1ccc(C)o1. The number of hydrogen-bond donors (Lipinski definition) is 2. The summed E-state index contributed by atoms with van der Waals surface area (Å²) in [6.45, 7) is 4.75. The summed E-state index contributed by atoms with van der Waals surface area (Å²) in [4.78, 5) is 26.8. The van der Waals surface area contributed by atoms with E-state index < -0.39 is 5.97 Å². The molecular weight excluding hydrogens is 342 g/mol. The Morgan fingerprint density at radius 1 is 1.36 bits per heavy atom. The van der Waals surface area contributed by atoms with Crippen molar-refractivity contribution in [3.8, 4) is 0 Å². The molecule has 0 aliphatic carbocycles. The highest BCUT2D eigenvalue weighted by atomic mass is 32.1. The second-order valence-electron chi connectivity index (χ2n) is 5.63. The van der Waals surface area contributed by atoms with Crippen molar-refractivity contribution in [3.63, 3.8) is 0 Å². The molecule has 2 aromatic rings. The summed E-state index contributed by atoms with van der Waals surface area (Å²) >= 11 is 1.10. The van der Waals surface area contributed by atoms with Crippen LogP contribution in [0.3, 0.4) is 0 Å². The first-order valence-corrected chi connectivity index (χ1v) is 8.73. The van der Waals surface area contributed by atoms with Gasteiger partial charge in [-0.3, -0.25) is 9.69 Å². The lowest BCUT2D eigenvalue weighted by molar-refractivity contribution is 0.0526. The number of nitrogens with zero attached hydrogens (tertiary/aromatic N) is 1. The van der Waals surface area contributed by atoms with E-state index >= 15 is 0 Å². The van der Waals surface area contributed by atoms with Crippen LogP contribution in [0.2, 0.25) is 0 Å². The number of carbonyl (C=O) groups is 2. The molecule has 0 aromatic carbocycles. The highest BCUT2D eigenvalue weighted by Gasteiger charge is 2.27. The van der Waals surface area contributed by atoms with Crippen LogP contribution in [0.5, 0.6) is 0 Å². The molecule has 0 spiro atoms. The molecule has 0 radical (unpaired) electrons. The summed E-state index contributed by atoms with van der Waals surface area (Å²) in [5, 5.41) is 2.87. The maximum atomic E-state index is 12.3. The van der Waals surface area contributed by atoms with Crippen LogP contribution in [-0.4, -0.2) is 37.5 Å². The molecule has 136 valence electrons. The molecule has 0 saturated carbocycles. The van der Waals surface area contributed by atoms with Gasteiger partial charge in [-0.25, -0.2) is 4.79 Å². The predicted molar refractivity (Wildman–Crippen MR) is 96.7 cm³/mol. The number of thiophene rings is 1. The number of amides is 1. The summed E-state index contributed by atoms with van der Waals surface area (Å²) in [5.74, 6) is 0.858. The lowest BCUT2D eigenvalue weighted by atomic mass is 10.1. The van der Waals surface area contributed by atoms with Crippen LogP contribution in [-0.2, 0) is 17.8 Å². The van der Waals surface area contributed by atoms with E-state index in [1.807, 2.05) is 31.0 Å². The highest BCUT2D eigenvalue weighted by Crippen LogP contribution is 2.33. The van der Waals surface area contributed by atoms with Gasteiger partial charge in [0.1, 0.15) is 16.5 Å². The molecule has 0 aliphatic heterocycles. The Morgan fingerprint density at radius 2 is 2.08 bits per heavy atom. The number of anilines is 1. The molecule has 0 unspecified atom stereocenters. The molecule has 1 amide bonds. The van der Waals surface area contributed by atoms with Gasteiger partial charge >= 0.3 is 5.97 Å². The largest absolute Gasteiger partial charge is 0.465 e. The summed E-state index contributed by atoms with van der Waals surface area (Å²) in [6.07, 6.45) is 0. The van der Waals surface area contributed by atoms with E-state index in [4.69, 9.17) is 14.9 Å². The number of hydrogen-bond acceptors (Lipinski definition) is 7. The average molecular weight is 365 g/mol. The topological polar surface area (TPSA) is 97.8 Å². The van der Waals surface area contributed by atoms with Crippen LogP contribution in [0.4, 0.5) is 5.00 Å². The van der Waals surface area contributed by atoms with E-state index in [2.05, 4.69) is 5.32 Å². The molecular formula is C17H23N3O4S. The summed E-state index contributed by atoms with van der Waals surface area (Å²) in [7, 11) is 3.43. The van der Waals surface area contributed by atoms with Gasteiger partial charge in [0.05, 0.1) is 23.6 Å². The Labute approximate surface area is 150 Å². The van der Waals surface area contributed by atoms with Crippen molar-refractivity contribution < 1.29 is 18.7 Å². The van der Waals surface area contributed by atoms with Crippen LogP contribution in [0.1, 0.15) is 44.0 Å². The van der Waals surface area contributed by atoms with Crippen molar-refractivity contribution >= 4 is 28.2 Å². The molecule has 7 nitrogen and oxygen atoms in total. The van der Waals surface area contributed by atoms with Crippen molar-refractivity contribution in [2.75, 3.05) is 26.4 Å². The number of rotatable bonds is 7. The van der Waals surface area contributed by atoms with Gasteiger partial charge in [0.25, 0.3) is 5.91 Å². The van der Waals surface area contributed by atoms with Crippen LogP contribution in [0, 0.1) is 6.92 Å². The van der Waals surface area contributed by atoms with Crippen LogP contribution < -0.4 is 11.1 Å². The number of ether oxygens (including phenoxy) is 1. The molecule has 2 rings (SSSR count). The molecule has 8 heteroatoms. The molecule has 0 fully saturated rings. The molecule has 2 heterocycles. The van der Waals surface area contributed by atoms with Gasteiger partial charge in [0, 0.05) is 19.2 Å². The maximum Gasteiger partial charge on any atom is 0.341 e. The number of aryl methyl sites for hydroxylation is 1. The molecule has 0 atom stereocenters. The Morgan fingerprint density at radius 3 is 2.64 bits per heavy atom. The minimum absolute atomic E-state index is 0.240. The van der Waals surface area contributed by atoms with Crippen LogP contribution >= 0.6 is 11.3 Å². The molecule has 25 heavy (non-hydrogen) atoms. The standard InChI is InChI=1S/C17H23N3O4S/c1-5-23-17(22)13-12(14(16(21)19-3)25-15(13)18)9-20(4)8-11-7-6-10(2)24-11/h6-7H,5,8-9,18H2,1-4H3,(H,19,21). The summed E-state index contributed by atoms with van der Waals surface area (Å²) in [5.41, 5.74) is 6.84. The van der Waals surface area contributed by atoms with Crippen LogP contribution in [0.15, 0.2) is 16.5 Å². The fourth-order valence-electron chi connectivity index (χ4n) is 2.52. The number of esters is 1. The third kappa shape index (κ3) is 4.40. The van der Waals surface area contributed by atoms with Crippen molar-refractivity contribution in [2.45, 2.75) is 26.9 Å². The minimum Gasteiger partial charge on any atom is -0.465 e. The van der Waals surface area contributed by atoms with Gasteiger partial charge in [0.15, 0.2) is 0 Å². The first kappa shape index (κ1) is 19.0. The van der Waals surface area contributed by atoms with E-state index in [1.165, 1.54) is 0 Å². The molecule has 0 saturated heterocycles. The Hall–Kier alpha value is -2.32. The first-order valence-electron chi connectivity index (χ1n) is 7.91. The van der Waals surface area contributed by atoms with Crippen molar-refractivity contribution in [3.05, 3.63) is 39.7 Å². The molecule has 0 bridgehead atoms. The van der Waals surface area contributed by atoms with Gasteiger partial charge in [0.2, 0.25) is 0 Å². The van der Waals surface area contributed by atoms with E-state index in [1.54, 1.807) is 14.0 Å². The zero-order chi connectivity index (χ0) is 18.6. The summed E-state index contributed by atoms with van der Waals surface area (Å²) < 4.78 is 10.7. The van der Waals surface area contributed by atoms with Crippen molar-refractivity contribution in [1.82, 2.24) is 10.2 Å². The fourth-order valence-corrected chi connectivity index (χ4v) is 3.53. The van der Waals surface area contributed by atoms with Gasteiger partial charge in [-0.2, -0.15) is 0 Å². The Kier molecular flexibility index (Phi) is 6.22. The summed E-state index contributed by atoms with van der Waals surface area (Å²) in [6, 6.07) is 3.80. The quantitative estimate of drug-likeness (QED) is 0.731. The Bertz CT molecular complexity index is 766. The lowest BCUT2D eigenvalue weighted by Crippen LogP contribution is -2.23. The number of furan rings is 1. The molecule has 0 aliphatic rings. The number of nitrogens with one attached hydrogen (secondary N) is 1. The van der Waals surface area contributed by atoms with Crippen LogP contribution in [0.25, 0.3) is 0 Å². The van der Waals surface area contributed by atoms with Crippen molar-refractivity contribution in [1.29, 1.82) is 0 Å². The highest BCUT2D eigenvalue weighted by molar-refractivity contribution is 7.18. The number of carbonyl (C=O) groups excluding carboxylic acids is 2. The van der Waals surface area contributed by atoms with E-state index in [0.717, 1.165) is 22.9 Å². The number of nitrogens with two attached hydrogens (primary N) is 1. The van der Waals surface area contributed by atoms with Gasteiger partial charge in [-0.1, -0.05) is 0 Å². The average Bonchev–Trinajstić information content (AvgIpc) is 3.10. The zero-order valence-electron chi connectivity index (χ0n) is 14.8. The zero-order valence-corrected chi connectivity index (χ0v) is 15.7. The maximum absolute atomic E-state index is 12.3. The second kappa shape index (κ2) is 8.17. The van der Waals surface area contributed by atoms with Gasteiger partial charge in [-0.15, -0.1) is 11.3 Å². The first-order chi connectivity index (χ1) is 11.9. The van der Waals surface area contributed by atoms with E-state index in [9.17, 15) is 9.59 Å². The third-order valence-electron chi connectivity index (χ3n) is 3.60. The predicted octanol–water partition coefficient (Wildman–Crippen LogP) is 2.40. The van der Waals surface area contributed by atoms with Crippen molar-refractivity contribution in [2.24, 2.45) is 0 Å². The van der Waals surface area contributed by atoms with E-state index in [0.29, 0.717) is 23.5 Å². The third-order valence-corrected chi connectivity index (χ3v) is 4.66. The normalized spacial score (nSPS) is 10.9. The minimum atomic E-state index is -0.511. The van der Waals surface area contributed by atoms with E-state index in [-0.39, 0.29) is 23.1 Å². The number of nitrogen functional groups attached to an aromatic ring is 1. The second-order valence-corrected chi connectivity index (χ2v) is 6.69. The fraction of sp³-hybridized carbons (Fsp3) is 0.412. The monoisotopic (exact) mass is 365 g/mol. The Balaban J connectivity index is 2.32. The molecule has 3 N–H and O–H groups in total. The molecule has 2 aromatic heterocycles. The van der Waals surface area contributed by atoms with Gasteiger partial charge < -0.3 is 20.2 Å². The van der Waals surface area contributed by atoms with Gasteiger partial charge in [-0.05, 0) is 33.0 Å². The lowest BCUT2D eigenvalue weighted by Gasteiger charge is -2.16. The smallest absolute Gasteiger partial charge is 0.341 e.